The van der Waals surface area contributed by atoms with E-state index in [1.54, 1.807) is 13.0 Å². The Hall–Kier alpha value is -1.76. The first-order valence-electron chi connectivity index (χ1n) is 8.70. The molecule has 1 aliphatic carbocycles. The molecule has 7 heteroatoms. The second-order valence-electron chi connectivity index (χ2n) is 6.50. The predicted octanol–water partition coefficient (Wildman–Crippen LogP) is 2.85. The van der Waals surface area contributed by atoms with Crippen molar-refractivity contribution in [1.82, 2.24) is 5.32 Å². The van der Waals surface area contributed by atoms with Crippen molar-refractivity contribution in [3.63, 3.8) is 0 Å². The Bertz CT molecular complexity index is 712. The number of rotatable bonds is 4. The number of nitrogens with one attached hydrogen (secondary N) is 2. The van der Waals surface area contributed by atoms with Gasteiger partial charge in [-0.3, -0.25) is 4.31 Å². The van der Waals surface area contributed by atoms with Gasteiger partial charge in [0.1, 0.15) is 0 Å². The molecule has 0 saturated heterocycles. The molecule has 1 aromatic rings. The Morgan fingerprint density at radius 1 is 1.25 bits per heavy atom. The zero-order valence-corrected chi connectivity index (χ0v) is 14.9. The fraction of sp³-hybridized carbons (Fsp3) is 0.588. The van der Waals surface area contributed by atoms with Gasteiger partial charge in [0.15, 0.2) is 0 Å². The van der Waals surface area contributed by atoms with Crippen molar-refractivity contribution in [1.29, 1.82) is 0 Å². The van der Waals surface area contributed by atoms with Crippen LogP contribution in [0.5, 0.6) is 0 Å². The summed E-state index contributed by atoms with van der Waals surface area (Å²) in [6.45, 7) is 2.12. The van der Waals surface area contributed by atoms with Crippen molar-refractivity contribution in [3.8, 4) is 0 Å². The highest BCUT2D eigenvalue weighted by molar-refractivity contribution is 7.92. The Balaban J connectivity index is 1.69. The molecule has 0 aromatic heterocycles. The number of anilines is 2. The topological polar surface area (TPSA) is 78.5 Å². The minimum atomic E-state index is -3.27. The monoisotopic (exact) mass is 351 g/mol. The smallest absolute Gasteiger partial charge is 0.319 e. The van der Waals surface area contributed by atoms with Gasteiger partial charge in [0.2, 0.25) is 10.0 Å². The van der Waals surface area contributed by atoms with Gasteiger partial charge >= 0.3 is 6.03 Å². The molecule has 0 unspecified atom stereocenters. The Morgan fingerprint density at radius 2 is 2.00 bits per heavy atom. The Kier molecular flexibility index (Phi) is 4.99. The van der Waals surface area contributed by atoms with Gasteiger partial charge in [-0.2, -0.15) is 0 Å². The number of hydrogen-bond donors (Lipinski definition) is 2. The summed E-state index contributed by atoms with van der Waals surface area (Å²) in [4.78, 5) is 12.2. The van der Waals surface area contributed by atoms with Crippen LogP contribution in [0.3, 0.4) is 0 Å². The molecular weight excluding hydrogens is 326 g/mol. The van der Waals surface area contributed by atoms with Gasteiger partial charge in [-0.1, -0.05) is 25.3 Å². The van der Waals surface area contributed by atoms with E-state index in [0.29, 0.717) is 24.3 Å². The third-order valence-corrected chi connectivity index (χ3v) is 6.62. The molecular formula is C17H25N3O3S. The SMILES string of the molecule is CCS(=O)(=O)N1CCc2ccc(NC(=O)NC3CCCCC3)cc21. The largest absolute Gasteiger partial charge is 0.335 e. The van der Waals surface area contributed by atoms with Gasteiger partial charge in [-0.05, 0) is 43.9 Å². The standard InChI is InChI=1S/C17H25N3O3S/c1-2-24(22,23)20-11-10-13-8-9-15(12-16(13)20)19-17(21)18-14-6-4-3-5-7-14/h8-9,12,14H,2-7,10-11H2,1H3,(H2,18,19,21). The first-order chi connectivity index (χ1) is 11.5. The zero-order valence-electron chi connectivity index (χ0n) is 14.0. The van der Waals surface area contributed by atoms with Crippen LogP contribution in [-0.4, -0.2) is 32.8 Å². The van der Waals surface area contributed by atoms with Crippen molar-refractivity contribution in [2.45, 2.75) is 51.5 Å². The fourth-order valence-electron chi connectivity index (χ4n) is 3.47. The van der Waals surface area contributed by atoms with Crippen LogP contribution in [0.1, 0.15) is 44.6 Å². The van der Waals surface area contributed by atoms with Crippen LogP contribution in [0, 0.1) is 0 Å². The maximum Gasteiger partial charge on any atom is 0.319 e. The quantitative estimate of drug-likeness (QED) is 0.875. The fourth-order valence-corrected chi connectivity index (χ4v) is 4.62. The molecule has 2 N–H and O–H groups in total. The second-order valence-corrected chi connectivity index (χ2v) is 8.68. The van der Waals surface area contributed by atoms with Crippen molar-refractivity contribution in [3.05, 3.63) is 23.8 Å². The average molecular weight is 351 g/mol. The van der Waals surface area contributed by atoms with E-state index in [4.69, 9.17) is 0 Å². The molecule has 0 radical (unpaired) electrons. The minimum absolute atomic E-state index is 0.0757. The predicted molar refractivity (Wildman–Crippen MR) is 96.0 cm³/mol. The number of sulfonamides is 1. The van der Waals surface area contributed by atoms with Gasteiger partial charge < -0.3 is 10.6 Å². The average Bonchev–Trinajstić information content (AvgIpc) is 2.99. The van der Waals surface area contributed by atoms with Crippen LogP contribution in [0.15, 0.2) is 18.2 Å². The molecule has 6 nitrogen and oxygen atoms in total. The number of benzene rings is 1. The van der Waals surface area contributed by atoms with Gasteiger partial charge in [0.25, 0.3) is 0 Å². The van der Waals surface area contributed by atoms with E-state index in [0.717, 1.165) is 31.2 Å². The summed E-state index contributed by atoms with van der Waals surface area (Å²) >= 11 is 0. The van der Waals surface area contributed by atoms with Gasteiger partial charge in [-0.25, -0.2) is 13.2 Å². The van der Waals surface area contributed by atoms with Crippen molar-refractivity contribution in [2.24, 2.45) is 0 Å². The van der Waals surface area contributed by atoms with Crippen molar-refractivity contribution in [2.75, 3.05) is 21.9 Å². The lowest BCUT2D eigenvalue weighted by atomic mass is 9.96. The number of nitrogens with zero attached hydrogens (tertiary/aromatic N) is 1. The maximum absolute atomic E-state index is 12.2. The van der Waals surface area contributed by atoms with Gasteiger partial charge in [-0.15, -0.1) is 0 Å². The van der Waals surface area contributed by atoms with E-state index >= 15 is 0 Å². The van der Waals surface area contributed by atoms with Gasteiger partial charge in [0, 0.05) is 18.3 Å². The lowest BCUT2D eigenvalue weighted by Crippen LogP contribution is -2.39. The first-order valence-corrected chi connectivity index (χ1v) is 10.3. The summed E-state index contributed by atoms with van der Waals surface area (Å²) < 4.78 is 25.8. The summed E-state index contributed by atoms with van der Waals surface area (Å²) in [5.74, 6) is 0.0757. The van der Waals surface area contributed by atoms with Crippen LogP contribution in [0.4, 0.5) is 16.2 Å². The van der Waals surface area contributed by atoms with Crippen LogP contribution in [-0.2, 0) is 16.4 Å². The highest BCUT2D eigenvalue weighted by Crippen LogP contribution is 2.33. The number of carbonyl (C=O) groups excluding carboxylic acids is 1. The van der Waals surface area contributed by atoms with Crippen LogP contribution >= 0.6 is 0 Å². The lowest BCUT2D eigenvalue weighted by molar-refractivity contribution is 0.244. The third-order valence-electron chi connectivity index (χ3n) is 4.84. The van der Waals surface area contributed by atoms with E-state index in [2.05, 4.69) is 10.6 Å². The number of urea groups is 1. The molecule has 2 aliphatic rings. The second kappa shape index (κ2) is 7.01. The third kappa shape index (κ3) is 3.66. The Morgan fingerprint density at radius 3 is 2.71 bits per heavy atom. The molecule has 132 valence electrons. The number of amides is 2. The highest BCUT2D eigenvalue weighted by Gasteiger charge is 2.28. The summed E-state index contributed by atoms with van der Waals surface area (Å²) in [5, 5.41) is 5.84. The van der Waals surface area contributed by atoms with Crippen molar-refractivity contribution >= 4 is 27.4 Å². The summed E-state index contributed by atoms with van der Waals surface area (Å²) in [5.41, 5.74) is 2.32. The highest BCUT2D eigenvalue weighted by atomic mass is 32.2. The Labute approximate surface area is 143 Å². The van der Waals surface area contributed by atoms with E-state index in [9.17, 15) is 13.2 Å². The molecule has 1 fully saturated rings. The van der Waals surface area contributed by atoms with Crippen molar-refractivity contribution < 1.29 is 13.2 Å². The zero-order chi connectivity index (χ0) is 17.2. The van der Waals surface area contributed by atoms with E-state index in [1.165, 1.54) is 10.7 Å². The molecule has 1 saturated carbocycles. The van der Waals surface area contributed by atoms with Crippen LogP contribution in [0.2, 0.25) is 0 Å². The molecule has 0 spiro atoms. The van der Waals surface area contributed by atoms with Crippen LogP contribution < -0.4 is 14.9 Å². The number of hydrogen-bond acceptors (Lipinski definition) is 3. The maximum atomic E-state index is 12.2. The molecule has 1 aromatic carbocycles. The first kappa shape index (κ1) is 17.1. The molecule has 0 atom stereocenters. The summed E-state index contributed by atoms with van der Waals surface area (Å²) in [7, 11) is -3.27. The lowest BCUT2D eigenvalue weighted by Gasteiger charge is -2.23. The van der Waals surface area contributed by atoms with Gasteiger partial charge in [0.05, 0.1) is 11.4 Å². The van der Waals surface area contributed by atoms with Crippen LogP contribution in [0.25, 0.3) is 0 Å². The molecule has 24 heavy (non-hydrogen) atoms. The number of fused-ring (bicyclic) bond motifs is 1. The molecule has 2 amide bonds. The number of carbonyl (C=O) groups is 1. The molecule has 1 heterocycles. The minimum Gasteiger partial charge on any atom is -0.335 e. The summed E-state index contributed by atoms with van der Waals surface area (Å²) in [6.07, 6.45) is 6.33. The van der Waals surface area contributed by atoms with E-state index < -0.39 is 10.0 Å². The molecule has 3 rings (SSSR count). The van der Waals surface area contributed by atoms with E-state index in [1.807, 2.05) is 12.1 Å². The molecule has 0 bridgehead atoms. The molecule has 1 aliphatic heterocycles. The summed E-state index contributed by atoms with van der Waals surface area (Å²) in [6, 6.07) is 5.52. The normalized spacial score (nSPS) is 18.3. The van der Waals surface area contributed by atoms with E-state index in [-0.39, 0.29) is 17.8 Å².